The Balaban J connectivity index is 1.74. The number of carbonyl (C=O) groups excluding carboxylic acids is 2. The standard InChI is InChI=1S/C26H29N3O3/c1-18(2)19-10-12-20(13-11-19)25-23-9-6-16-28(23)22-8-5-4-7-21(22)17-29(25)26(31)27-15-14-24(30)32-3/h4-13,16,18,25H,14-15,17H2,1-3H3,(H,27,31)/t25-/m0/s1. The molecule has 2 aromatic carbocycles. The van der Waals surface area contributed by atoms with Crippen molar-refractivity contribution in [2.75, 3.05) is 13.7 Å². The molecule has 0 bridgehead atoms. The fourth-order valence-electron chi connectivity index (χ4n) is 4.23. The number of benzene rings is 2. The lowest BCUT2D eigenvalue weighted by Gasteiger charge is -2.31. The van der Waals surface area contributed by atoms with Crippen LogP contribution < -0.4 is 5.32 Å². The summed E-state index contributed by atoms with van der Waals surface area (Å²) in [5.74, 6) is 0.0882. The van der Waals surface area contributed by atoms with Gasteiger partial charge < -0.3 is 19.5 Å². The van der Waals surface area contributed by atoms with Gasteiger partial charge in [-0.1, -0.05) is 56.3 Å². The van der Waals surface area contributed by atoms with Crippen molar-refractivity contribution >= 4 is 12.0 Å². The van der Waals surface area contributed by atoms with Crippen molar-refractivity contribution < 1.29 is 14.3 Å². The molecule has 0 unspecified atom stereocenters. The monoisotopic (exact) mass is 431 g/mol. The van der Waals surface area contributed by atoms with Gasteiger partial charge in [-0.15, -0.1) is 0 Å². The maximum atomic E-state index is 13.4. The summed E-state index contributed by atoms with van der Waals surface area (Å²) in [4.78, 5) is 26.7. The predicted molar refractivity (Wildman–Crippen MR) is 124 cm³/mol. The molecule has 32 heavy (non-hydrogen) atoms. The lowest BCUT2D eigenvalue weighted by Crippen LogP contribution is -2.42. The van der Waals surface area contributed by atoms with Gasteiger partial charge in [0.25, 0.3) is 0 Å². The number of amides is 2. The molecule has 1 aliphatic heterocycles. The van der Waals surface area contributed by atoms with Gasteiger partial charge in [-0.05, 0) is 40.8 Å². The number of fused-ring (bicyclic) bond motifs is 3. The Morgan fingerprint density at radius 2 is 1.81 bits per heavy atom. The molecule has 2 amide bonds. The number of methoxy groups -OCH3 is 1. The van der Waals surface area contributed by atoms with Gasteiger partial charge in [0, 0.05) is 18.4 Å². The van der Waals surface area contributed by atoms with Crippen LogP contribution in [-0.2, 0) is 16.1 Å². The predicted octanol–water partition coefficient (Wildman–Crippen LogP) is 4.78. The minimum Gasteiger partial charge on any atom is -0.469 e. The van der Waals surface area contributed by atoms with Gasteiger partial charge in [-0.25, -0.2) is 4.79 Å². The van der Waals surface area contributed by atoms with E-state index in [2.05, 4.69) is 66.2 Å². The summed E-state index contributed by atoms with van der Waals surface area (Å²) in [5.41, 5.74) is 5.46. The highest BCUT2D eigenvalue weighted by Crippen LogP contribution is 2.36. The van der Waals surface area contributed by atoms with Crippen LogP contribution in [0.25, 0.3) is 5.69 Å². The molecular formula is C26H29N3O3. The summed E-state index contributed by atoms with van der Waals surface area (Å²) in [5, 5.41) is 2.91. The molecule has 2 heterocycles. The third-order valence-electron chi connectivity index (χ3n) is 5.98. The molecular weight excluding hydrogens is 402 g/mol. The van der Waals surface area contributed by atoms with E-state index < -0.39 is 0 Å². The quantitative estimate of drug-likeness (QED) is 0.592. The number of rotatable bonds is 5. The Bertz CT molecular complexity index is 1100. The molecule has 3 aromatic rings. The molecule has 6 nitrogen and oxygen atoms in total. The number of esters is 1. The summed E-state index contributed by atoms with van der Waals surface area (Å²) in [6.07, 6.45) is 2.18. The first-order valence-corrected chi connectivity index (χ1v) is 11.0. The topological polar surface area (TPSA) is 63.6 Å². The average molecular weight is 432 g/mol. The molecule has 0 fully saturated rings. The van der Waals surface area contributed by atoms with Crippen LogP contribution in [0, 0.1) is 0 Å². The zero-order valence-electron chi connectivity index (χ0n) is 18.7. The first-order valence-electron chi connectivity index (χ1n) is 11.0. The Labute approximate surface area is 188 Å². The smallest absolute Gasteiger partial charge is 0.318 e. The fourth-order valence-corrected chi connectivity index (χ4v) is 4.23. The third-order valence-corrected chi connectivity index (χ3v) is 5.98. The highest BCUT2D eigenvalue weighted by molar-refractivity contribution is 5.77. The zero-order chi connectivity index (χ0) is 22.7. The molecule has 0 aliphatic carbocycles. The average Bonchev–Trinajstić information content (AvgIpc) is 3.23. The van der Waals surface area contributed by atoms with Crippen molar-refractivity contribution in [1.29, 1.82) is 0 Å². The van der Waals surface area contributed by atoms with Crippen LogP contribution in [0.5, 0.6) is 0 Å². The number of nitrogens with zero attached hydrogens (tertiary/aromatic N) is 2. The Morgan fingerprint density at radius 3 is 2.53 bits per heavy atom. The number of carbonyl (C=O) groups is 2. The molecule has 0 radical (unpaired) electrons. The molecule has 0 spiro atoms. The minimum absolute atomic E-state index is 0.136. The number of ether oxygens (including phenoxy) is 1. The number of hydrogen-bond donors (Lipinski definition) is 1. The normalized spacial score (nSPS) is 15.0. The maximum absolute atomic E-state index is 13.4. The van der Waals surface area contributed by atoms with E-state index in [1.807, 2.05) is 29.3 Å². The Morgan fingerprint density at radius 1 is 1.06 bits per heavy atom. The van der Waals surface area contributed by atoms with E-state index in [1.54, 1.807) is 0 Å². The van der Waals surface area contributed by atoms with Gasteiger partial charge in [0.15, 0.2) is 0 Å². The van der Waals surface area contributed by atoms with E-state index in [9.17, 15) is 9.59 Å². The Kier molecular flexibility index (Phi) is 6.30. The summed E-state index contributed by atoms with van der Waals surface area (Å²) in [7, 11) is 1.35. The molecule has 0 saturated carbocycles. The highest BCUT2D eigenvalue weighted by atomic mass is 16.5. The largest absolute Gasteiger partial charge is 0.469 e. The number of para-hydroxylation sites is 1. The maximum Gasteiger partial charge on any atom is 0.318 e. The van der Waals surface area contributed by atoms with Crippen LogP contribution in [0.4, 0.5) is 4.79 Å². The Hall–Kier alpha value is -3.54. The first kappa shape index (κ1) is 21.7. The third kappa shape index (κ3) is 4.26. The van der Waals surface area contributed by atoms with Crippen LogP contribution >= 0.6 is 0 Å². The number of nitrogens with one attached hydrogen (secondary N) is 1. The van der Waals surface area contributed by atoms with Crippen molar-refractivity contribution in [1.82, 2.24) is 14.8 Å². The van der Waals surface area contributed by atoms with Crippen molar-refractivity contribution in [3.05, 3.63) is 89.2 Å². The van der Waals surface area contributed by atoms with Crippen LogP contribution in [0.2, 0.25) is 0 Å². The lowest BCUT2D eigenvalue weighted by atomic mass is 9.97. The first-order chi connectivity index (χ1) is 15.5. The highest BCUT2D eigenvalue weighted by Gasteiger charge is 2.32. The van der Waals surface area contributed by atoms with Crippen molar-refractivity contribution in [2.24, 2.45) is 0 Å². The van der Waals surface area contributed by atoms with Gasteiger partial charge in [-0.2, -0.15) is 0 Å². The van der Waals surface area contributed by atoms with Crippen LogP contribution in [0.3, 0.4) is 0 Å². The SMILES string of the molecule is COC(=O)CCNC(=O)N1Cc2ccccc2-n2cccc2[C@@H]1c1ccc(C(C)C)cc1. The van der Waals surface area contributed by atoms with E-state index in [1.165, 1.54) is 12.7 Å². The second kappa shape index (κ2) is 9.30. The molecule has 166 valence electrons. The molecule has 1 aromatic heterocycles. The molecule has 0 saturated heterocycles. The summed E-state index contributed by atoms with van der Waals surface area (Å²) in [6.45, 7) is 5.02. The number of urea groups is 1. The zero-order valence-corrected chi connectivity index (χ0v) is 18.7. The van der Waals surface area contributed by atoms with Crippen molar-refractivity contribution in [3.63, 3.8) is 0 Å². The van der Waals surface area contributed by atoms with Gasteiger partial charge in [0.05, 0.1) is 31.8 Å². The van der Waals surface area contributed by atoms with Crippen molar-refractivity contribution in [3.8, 4) is 5.69 Å². The summed E-state index contributed by atoms with van der Waals surface area (Å²) >= 11 is 0. The van der Waals surface area contributed by atoms with Crippen LogP contribution in [-0.4, -0.2) is 35.1 Å². The molecule has 1 aliphatic rings. The van der Waals surface area contributed by atoms with Gasteiger partial charge in [0.1, 0.15) is 0 Å². The van der Waals surface area contributed by atoms with Crippen LogP contribution in [0.1, 0.15) is 54.6 Å². The minimum atomic E-state index is -0.346. The molecule has 1 N–H and O–H groups in total. The van der Waals surface area contributed by atoms with E-state index in [4.69, 9.17) is 4.74 Å². The van der Waals surface area contributed by atoms with E-state index in [0.29, 0.717) is 12.5 Å². The van der Waals surface area contributed by atoms with E-state index in [0.717, 1.165) is 22.5 Å². The van der Waals surface area contributed by atoms with E-state index in [-0.39, 0.29) is 31.0 Å². The van der Waals surface area contributed by atoms with Gasteiger partial charge >= 0.3 is 12.0 Å². The lowest BCUT2D eigenvalue weighted by molar-refractivity contribution is -0.140. The fraction of sp³-hybridized carbons (Fsp3) is 0.308. The number of hydrogen-bond acceptors (Lipinski definition) is 3. The summed E-state index contributed by atoms with van der Waals surface area (Å²) in [6, 6.07) is 20.2. The van der Waals surface area contributed by atoms with Crippen molar-refractivity contribution in [2.45, 2.75) is 38.8 Å². The second-order valence-corrected chi connectivity index (χ2v) is 8.34. The molecule has 1 atom stereocenters. The second-order valence-electron chi connectivity index (χ2n) is 8.34. The molecule has 4 rings (SSSR count). The van der Waals surface area contributed by atoms with Gasteiger partial charge in [0.2, 0.25) is 0 Å². The van der Waals surface area contributed by atoms with Crippen LogP contribution in [0.15, 0.2) is 66.9 Å². The van der Waals surface area contributed by atoms with E-state index >= 15 is 0 Å². The molecule has 6 heteroatoms. The number of aromatic nitrogens is 1. The van der Waals surface area contributed by atoms with Gasteiger partial charge in [-0.3, -0.25) is 4.79 Å². The summed E-state index contributed by atoms with van der Waals surface area (Å²) < 4.78 is 6.86.